The number of nitrogens with one attached hydrogen (secondary N) is 1. The number of aryl methyl sites for hydroxylation is 2. The van der Waals surface area contributed by atoms with Crippen molar-refractivity contribution < 1.29 is 4.74 Å². The normalized spacial score (nSPS) is 10.5. The van der Waals surface area contributed by atoms with Crippen LogP contribution < -0.4 is 10.1 Å². The molecule has 1 heterocycles. The summed E-state index contributed by atoms with van der Waals surface area (Å²) < 4.78 is 5.25. The van der Waals surface area contributed by atoms with Crippen LogP contribution in [-0.2, 0) is 13.1 Å². The lowest BCUT2D eigenvalue weighted by Gasteiger charge is -2.08. The van der Waals surface area contributed by atoms with Crippen molar-refractivity contribution >= 4 is 0 Å². The Morgan fingerprint density at radius 2 is 2.00 bits per heavy atom. The quantitative estimate of drug-likeness (QED) is 0.893. The van der Waals surface area contributed by atoms with Gasteiger partial charge in [0, 0.05) is 19.3 Å². The van der Waals surface area contributed by atoms with Gasteiger partial charge >= 0.3 is 0 Å². The lowest BCUT2D eigenvalue weighted by molar-refractivity contribution is 0.411. The molecule has 4 heteroatoms. The van der Waals surface area contributed by atoms with E-state index >= 15 is 0 Å². The molecule has 0 saturated heterocycles. The van der Waals surface area contributed by atoms with Gasteiger partial charge in [-0.25, -0.2) is 9.97 Å². The summed E-state index contributed by atoms with van der Waals surface area (Å²) in [5.41, 5.74) is 3.40. The summed E-state index contributed by atoms with van der Waals surface area (Å²) in [5, 5.41) is 3.38. The molecule has 0 atom stereocenters. The molecule has 0 aliphatic carbocycles. The first-order valence-corrected chi connectivity index (χ1v) is 6.32. The maximum Gasteiger partial charge on any atom is 0.125 e. The van der Waals surface area contributed by atoms with E-state index in [4.69, 9.17) is 4.74 Å². The number of aromatic nitrogens is 2. The van der Waals surface area contributed by atoms with Gasteiger partial charge in [-0.15, -0.1) is 0 Å². The molecule has 0 aliphatic rings. The van der Waals surface area contributed by atoms with Crippen LogP contribution in [0.4, 0.5) is 0 Å². The van der Waals surface area contributed by atoms with Crippen LogP contribution in [-0.4, -0.2) is 17.1 Å². The highest BCUT2D eigenvalue weighted by Crippen LogP contribution is 2.18. The predicted octanol–water partition coefficient (Wildman–Crippen LogP) is 2.39. The predicted molar refractivity (Wildman–Crippen MR) is 75.0 cm³/mol. The lowest BCUT2D eigenvalue weighted by atomic mass is 10.1. The third kappa shape index (κ3) is 3.76. The standard InChI is InChI=1S/C15H19N3O/c1-11-8-13(4-5-15(11)19-3)9-16-10-14-6-7-17-12(2)18-14/h4-8,16H,9-10H2,1-3H3. The Morgan fingerprint density at radius 3 is 2.68 bits per heavy atom. The van der Waals surface area contributed by atoms with E-state index < -0.39 is 0 Å². The van der Waals surface area contributed by atoms with E-state index in [1.807, 2.05) is 19.1 Å². The largest absolute Gasteiger partial charge is 0.496 e. The summed E-state index contributed by atoms with van der Waals surface area (Å²) in [6, 6.07) is 8.14. The summed E-state index contributed by atoms with van der Waals surface area (Å²) >= 11 is 0. The van der Waals surface area contributed by atoms with Gasteiger partial charge in [-0.2, -0.15) is 0 Å². The molecule has 0 unspecified atom stereocenters. The fraction of sp³-hybridized carbons (Fsp3) is 0.333. The molecule has 19 heavy (non-hydrogen) atoms. The van der Waals surface area contributed by atoms with E-state index in [1.54, 1.807) is 13.3 Å². The summed E-state index contributed by atoms with van der Waals surface area (Å²) in [7, 11) is 1.69. The zero-order valence-electron chi connectivity index (χ0n) is 11.6. The minimum atomic E-state index is 0.744. The Hall–Kier alpha value is -1.94. The fourth-order valence-corrected chi connectivity index (χ4v) is 1.99. The average Bonchev–Trinajstić information content (AvgIpc) is 2.39. The number of benzene rings is 1. The highest BCUT2D eigenvalue weighted by atomic mass is 16.5. The molecule has 1 aromatic heterocycles. The van der Waals surface area contributed by atoms with E-state index in [-0.39, 0.29) is 0 Å². The molecule has 0 saturated carbocycles. The minimum absolute atomic E-state index is 0.744. The van der Waals surface area contributed by atoms with E-state index in [2.05, 4.69) is 34.3 Å². The van der Waals surface area contributed by atoms with Crippen molar-refractivity contribution in [2.75, 3.05) is 7.11 Å². The van der Waals surface area contributed by atoms with Gasteiger partial charge in [-0.1, -0.05) is 12.1 Å². The molecule has 1 aromatic carbocycles. The Balaban J connectivity index is 1.90. The molecule has 0 spiro atoms. The van der Waals surface area contributed by atoms with Crippen LogP contribution in [0, 0.1) is 13.8 Å². The van der Waals surface area contributed by atoms with Crippen molar-refractivity contribution in [1.82, 2.24) is 15.3 Å². The molecular formula is C15H19N3O. The van der Waals surface area contributed by atoms with Crippen molar-refractivity contribution in [3.63, 3.8) is 0 Å². The number of ether oxygens (including phenoxy) is 1. The summed E-state index contributed by atoms with van der Waals surface area (Å²) in [4.78, 5) is 8.44. The van der Waals surface area contributed by atoms with Gasteiger partial charge < -0.3 is 10.1 Å². The monoisotopic (exact) mass is 257 g/mol. The number of nitrogens with zero attached hydrogens (tertiary/aromatic N) is 2. The Kier molecular flexibility index (Phi) is 4.47. The van der Waals surface area contributed by atoms with Crippen LogP contribution in [0.2, 0.25) is 0 Å². The Labute approximate surface area is 113 Å². The second kappa shape index (κ2) is 6.29. The van der Waals surface area contributed by atoms with Crippen LogP contribution in [0.25, 0.3) is 0 Å². The number of methoxy groups -OCH3 is 1. The van der Waals surface area contributed by atoms with E-state index in [0.29, 0.717) is 0 Å². The van der Waals surface area contributed by atoms with E-state index in [1.165, 1.54) is 5.56 Å². The molecule has 0 radical (unpaired) electrons. The molecule has 2 rings (SSSR count). The molecule has 0 fully saturated rings. The topological polar surface area (TPSA) is 47.0 Å². The maximum absolute atomic E-state index is 5.25. The highest BCUT2D eigenvalue weighted by Gasteiger charge is 2.00. The zero-order chi connectivity index (χ0) is 13.7. The number of hydrogen-bond donors (Lipinski definition) is 1. The SMILES string of the molecule is COc1ccc(CNCc2ccnc(C)n2)cc1C. The number of hydrogen-bond acceptors (Lipinski definition) is 4. The van der Waals surface area contributed by atoms with Crippen LogP contribution in [0.5, 0.6) is 5.75 Å². The Morgan fingerprint density at radius 1 is 1.16 bits per heavy atom. The van der Waals surface area contributed by atoms with Gasteiger partial charge in [-0.05, 0) is 37.1 Å². The first kappa shape index (κ1) is 13.5. The van der Waals surface area contributed by atoms with E-state index in [0.717, 1.165) is 35.9 Å². The molecule has 0 amide bonds. The van der Waals surface area contributed by atoms with Gasteiger partial charge in [-0.3, -0.25) is 0 Å². The van der Waals surface area contributed by atoms with Crippen LogP contribution in [0.15, 0.2) is 30.5 Å². The van der Waals surface area contributed by atoms with Crippen molar-refractivity contribution in [2.24, 2.45) is 0 Å². The second-order valence-corrected chi connectivity index (χ2v) is 4.50. The van der Waals surface area contributed by atoms with Crippen molar-refractivity contribution in [1.29, 1.82) is 0 Å². The fourth-order valence-electron chi connectivity index (χ4n) is 1.99. The molecule has 0 bridgehead atoms. The third-order valence-electron chi connectivity index (χ3n) is 2.93. The lowest BCUT2D eigenvalue weighted by Crippen LogP contribution is -2.14. The van der Waals surface area contributed by atoms with Gasteiger partial charge in [0.25, 0.3) is 0 Å². The van der Waals surface area contributed by atoms with Gasteiger partial charge in [0.05, 0.1) is 12.8 Å². The maximum atomic E-state index is 5.25. The molecular weight excluding hydrogens is 238 g/mol. The van der Waals surface area contributed by atoms with Crippen LogP contribution >= 0.6 is 0 Å². The molecule has 0 aliphatic heterocycles. The molecule has 4 nitrogen and oxygen atoms in total. The summed E-state index contributed by atoms with van der Waals surface area (Å²) in [5.74, 6) is 1.73. The molecule has 100 valence electrons. The van der Waals surface area contributed by atoms with Gasteiger partial charge in [0.15, 0.2) is 0 Å². The molecule has 2 aromatic rings. The second-order valence-electron chi connectivity index (χ2n) is 4.50. The third-order valence-corrected chi connectivity index (χ3v) is 2.93. The van der Waals surface area contributed by atoms with Crippen LogP contribution in [0.1, 0.15) is 22.6 Å². The first-order valence-electron chi connectivity index (χ1n) is 6.32. The smallest absolute Gasteiger partial charge is 0.125 e. The van der Waals surface area contributed by atoms with Gasteiger partial charge in [0.2, 0.25) is 0 Å². The van der Waals surface area contributed by atoms with Gasteiger partial charge in [0.1, 0.15) is 11.6 Å². The summed E-state index contributed by atoms with van der Waals surface area (Å²) in [6.45, 7) is 5.51. The minimum Gasteiger partial charge on any atom is -0.496 e. The zero-order valence-corrected chi connectivity index (χ0v) is 11.6. The Bertz CT molecular complexity index is 555. The number of rotatable bonds is 5. The first-order chi connectivity index (χ1) is 9.19. The summed E-state index contributed by atoms with van der Waals surface area (Å²) in [6.07, 6.45) is 1.79. The highest BCUT2D eigenvalue weighted by molar-refractivity contribution is 5.36. The van der Waals surface area contributed by atoms with Crippen LogP contribution in [0.3, 0.4) is 0 Å². The van der Waals surface area contributed by atoms with Crippen molar-refractivity contribution in [2.45, 2.75) is 26.9 Å². The molecule has 1 N–H and O–H groups in total. The van der Waals surface area contributed by atoms with E-state index in [9.17, 15) is 0 Å². The van der Waals surface area contributed by atoms with Crippen molar-refractivity contribution in [3.05, 3.63) is 53.1 Å². The van der Waals surface area contributed by atoms with Crippen molar-refractivity contribution in [3.8, 4) is 5.75 Å². The average molecular weight is 257 g/mol.